The Morgan fingerprint density at radius 2 is 1.00 bits per heavy atom. The van der Waals surface area contributed by atoms with Gasteiger partial charge in [-0.25, -0.2) is 0 Å². The normalized spacial score (nSPS) is 9.40. The van der Waals surface area contributed by atoms with Gasteiger partial charge in [0.15, 0.2) is 0 Å². The molecule has 110 valence electrons. The van der Waals surface area contributed by atoms with E-state index in [-0.39, 0.29) is 0 Å². The molecule has 0 aliphatic heterocycles. The Morgan fingerprint density at radius 3 is 1.25 bits per heavy atom. The minimum absolute atomic E-state index is 1.00. The van der Waals surface area contributed by atoms with E-state index in [1.807, 2.05) is 60.7 Å². The Balaban J connectivity index is 0.000000441. The topological polar surface area (TPSA) is 107 Å². The van der Waals surface area contributed by atoms with E-state index in [1.165, 1.54) is 0 Å². The average molecular weight is 299 g/mol. The number of para-hydroxylation sites is 2. The predicted octanol–water partition coefficient (Wildman–Crippen LogP) is 2.39. The summed E-state index contributed by atoms with van der Waals surface area (Å²) in [5.74, 6) is 0. The van der Waals surface area contributed by atoms with Crippen molar-refractivity contribution in [1.29, 1.82) is 0 Å². The minimum Gasteiger partial charge on any atom is -0.400 e. The largest absolute Gasteiger partial charge is 0.400 e. The molecule has 6 nitrogen and oxygen atoms in total. The zero-order valence-electron chi connectivity index (χ0n) is 10.8. The summed E-state index contributed by atoms with van der Waals surface area (Å²) in [7, 11) is -3.67. The van der Waals surface area contributed by atoms with E-state index in [0.717, 1.165) is 18.5 Å². The molecule has 0 radical (unpaired) electrons. The van der Waals surface area contributed by atoms with Crippen LogP contribution in [0.1, 0.15) is 0 Å². The zero-order chi connectivity index (χ0) is 15.4. The standard InChI is InChI=1S/C12H11N.CH4O.H2O4S/c1-3-7-11(8-4-1)13-12-9-5-2-6-10-12;1-2;1-5(2,3)4/h1-10,13H;2H,1H3;(H2,1,2,3,4). The maximum atomic E-state index is 8.74. The van der Waals surface area contributed by atoms with Gasteiger partial charge in [0.05, 0.1) is 0 Å². The van der Waals surface area contributed by atoms with E-state index >= 15 is 0 Å². The van der Waals surface area contributed by atoms with Crippen LogP contribution in [0.2, 0.25) is 0 Å². The molecule has 4 N–H and O–H groups in total. The molecule has 0 amide bonds. The summed E-state index contributed by atoms with van der Waals surface area (Å²) >= 11 is 0. The summed E-state index contributed by atoms with van der Waals surface area (Å²) in [5.41, 5.74) is 2.24. The van der Waals surface area contributed by atoms with Crippen molar-refractivity contribution in [3.63, 3.8) is 0 Å². The summed E-state index contributed by atoms with van der Waals surface area (Å²) in [4.78, 5) is 0. The van der Waals surface area contributed by atoms with Gasteiger partial charge >= 0.3 is 10.4 Å². The summed E-state index contributed by atoms with van der Waals surface area (Å²) in [6, 6.07) is 20.3. The quantitative estimate of drug-likeness (QED) is 0.634. The van der Waals surface area contributed by atoms with E-state index < -0.39 is 10.4 Å². The average Bonchev–Trinajstić information content (AvgIpc) is 2.41. The molecule has 0 heterocycles. The van der Waals surface area contributed by atoms with Crippen LogP contribution in [0.4, 0.5) is 11.4 Å². The highest BCUT2D eigenvalue weighted by atomic mass is 32.3. The van der Waals surface area contributed by atoms with Crippen molar-refractivity contribution in [2.24, 2.45) is 0 Å². The van der Waals surface area contributed by atoms with Crippen LogP contribution in [0.3, 0.4) is 0 Å². The Hall–Kier alpha value is -1.93. The fraction of sp³-hybridized carbons (Fsp3) is 0.0769. The van der Waals surface area contributed by atoms with Gasteiger partial charge < -0.3 is 10.4 Å². The van der Waals surface area contributed by atoms with Crippen molar-refractivity contribution >= 4 is 21.8 Å². The van der Waals surface area contributed by atoms with Crippen molar-refractivity contribution in [3.05, 3.63) is 60.7 Å². The first-order valence-corrected chi connectivity index (χ1v) is 6.86. The molecule has 0 spiro atoms. The Bertz CT molecular complexity index is 512. The molecule has 0 atom stereocenters. The molecular weight excluding hydrogens is 282 g/mol. The van der Waals surface area contributed by atoms with Gasteiger partial charge in [-0.1, -0.05) is 36.4 Å². The molecule has 20 heavy (non-hydrogen) atoms. The lowest BCUT2D eigenvalue weighted by Gasteiger charge is -2.04. The Morgan fingerprint density at radius 1 is 0.750 bits per heavy atom. The number of aliphatic hydroxyl groups is 1. The zero-order valence-corrected chi connectivity index (χ0v) is 11.7. The van der Waals surface area contributed by atoms with Crippen LogP contribution in [0.15, 0.2) is 60.7 Å². The lowest BCUT2D eigenvalue weighted by Crippen LogP contribution is -1.89. The monoisotopic (exact) mass is 299 g/mol. The summed E-state index contributed by atoms with van der Waals surface area (Å²) in [5, 5.41) is 10.3. The summed E-state index contributed by atoms with van der Waals surface area (Å²) < 4.78 is 31.6. The first kappa shape index (κ1) is 18.1. The van der Waals surface area contributed by atoms with Crippen molar-refractivity contribution in [3.8, 4) is 0 Å². The number of nitrogens with one attached hydrogen (secondary N) is 1. The molecule has 2 aromatic rings. The van der Waals surface area contributed by atoms with Gasteiger partial charge in [-0.3, -0.25) is 9.11 Å². The van der Waals surface area contributed by atoms with Crippen LogP contribution < -0.4 is 5.32 Å². The third-order valence-corrected chi connectivity index (χ3v) is 1.84. The molecule has 0 saturated heterocycles. The van der Waals surface area contributed by atoms with Crippen molar-refractivity contribution < 1.29 is 22.6 Å². The second-order valence-electron chi connectivity index (χ2n) is 3.30. The number of benzene rings is 2. The van der Waals surface area contributed by atoms with Gasteiger partial charge in [-0.05, 0) is 24.3 Å². The fourth-order valence-electron chi connectivity index (χ4n) is 1.21. The fourth-order valence-corrected chi connectivity index (χ4v) is 1.21. The summed E-state index contributed by atoms with van der Waals surface area (Å²) in [6.07, 6.45) is 0. The van der Waals surface area contributed by atoms with Gasteiger partial charge in [0.25, 0.3) is 0 Å². The highest BCUT2D eigenvalue weighted by Crippen LogP contribution is 2.14. The smallest absolute Gasteiger partial charge is 0.394 e. The van der Waals surface area contributed by atoms with E-state index in [1.54, 1.807) is 0 Å². The maximum absolute atomic E-state index is 8.74. The molecule has 0 aromatic heterocycles. The number of anilines is 2. The number of hydrogen-bond donors (Lipinski definition) is 4. The van der Waals surface area contributed by atoms with Crippen molar-refractivity contribution in [2.45, 2.75) is 0 Å². The number of hydrogen-bond acceptors (Lipinski definition) is 4. The molecule has 0 fully saturated rings. The van der Waals surface area contributed by atoms with Gasteiger partial charge in [-0.15, -0.1) is 0 Å². The van der Waals surface area contributed by atoms with Crippen LogP contribution in [-0.2, 0) is 10.4 Å². The minimum atomic E-state index is -4.67. The van der Waals surface area contributed by atoms with Crippen LogP contribution in [0, 0.1) is 0 Å². The highest BCUT2D eigenvalue weighted by molar-refractivity contribution is 7.79. The van der Waals surface area contributed by atoms with E-state index in [0.29, 0.717) is 0 Å². The Labute approximate surface area is 118 Å². The van der Waals surface area contributed by atoms with Gasteiger partial charge in [0, 0.05) is 18.5 Å². The maximum Gasteiger partial charge on any atom is 0.394 e. The molecular formula is C13H17NO5S. The van der Waals surface area contributed by atoms with Gasteiger partial charge in [-0.2, -0.15) is 8.42 Å². The highest BCUT2D eigenvalue weighted by Gasteiger charge is 1.89. The third kappa shape index (κ3) is 11.2. The molecule has 2 aromatic carbocycles. The third-order valence-electron chi connectivity index (χ3n) is 1.84. The molecule has 0 bridgehead atoms. The number of aliphatic hydroxyl groups excluding tert-OH is 1. The van der Waals surface area contributed by atoms with Gasteiger partial charge in [0.1, 0.15) is 0 Å². The van der Waals surface area contributed by atoms with Crippen molar-refractivity contribution in [1.82, 2.24) is 0 Å². The SMILES string of the molecule is CO.O=S(=O)(O)O.c1ccc(Nc2ccccc2)cc1. The first-order chi connectivity index (χ1) is 9.45. The van der Waals surface area contributed by atoms with E-state index in [4.69, 9.17) is 22.6 Å². The summed E-state index contributed by atoms with van der Waals surface area (Å²) in [6.45, 7) is 0. The molecule has 2 rings (SSSR count). The molecule has 0 unspecified atom stereocenters. The molecule has 0 aliphatic carbocycles. The number of rotatable bonds is 2. The van der Waals surface area contributed by atoms with Gasteiger partial charge in [0.2, 0.25) is 0 Å². The second-order valence-corrected chi connectivity index (χ2v) is 4.20. The first-order valence-electron chi connectivity index (χ1n) is 5.47. The van der Waals surface area contributed by atoms with Crippen LogP contribution >= 0.6 is 0 Å². The van der Waals surface area contributed by atoms with E-state index in [2.05, 4.69) is 5.32 Å². The molecule has 0 aliphatic rings. The second kappa shape index (κ2) is 9.93. The lowest BCUT2D eigenvalue weighted by molar-refractivity contribution is 0.381. The van der Waals surface area contributed by atoms with E-state index in [9.17, 15) is 0 Å². The van der Waals surface area contributed by atoms with Crippen LogP contribution in [-0.4, -0.2) is 29.7 Å². The van der Waals surface area contributed by atoms with Crippen molar-refractivity contribution in [2.75, 3.05) is 12.4 Å². The predicted molar refractivity (Wildman–Crippen MR) is 78.5 cm³/mol. The van der Waals surface area contributed by atoms with Crippen LogP contribution in [0.25, 0.3) is 0 Å². The lowest BCUT2D eigenvalue weighted by atomic mass is 10.3. The molecule has 0 saturated carbocycles. The molecule has 7 heteroatoms. The van der Waals surface area contributed by atoms with Crippen LogP contribution in [0.5, 0.6) is 0 Å². The Kier molecular flexibility index (Phi) is 8.97.